The standard InChI is InChI=1S/C20H28N4O2/c1-4-22-20(24-14-18(25)17-8-10-21-11-9-17)23-12-7-16-6-5-15(2)19(13-16)26-3/h5-6,8-11,13,18,25H,4,7,12,14H2,1-3H3,(H2,22,23,24). The van der Waals surface area contributed by atoms with Gasteiger partial charge in [0, 0.05) is 25.5 Å². The number of aliphatic hydroxyl groups excluding tert-OH is 1. The average molecular weight is 356 g/mol. The Bertz CT molecular complexity index is 704. The molecule has 0 bridgehead atoms. The number of nitrogens with one attached hydrogen (secondary N) is 2. The van der Waals surface area contributed by atoms with Crippen molar-refractivity contribution in [2.75, 3.05) is 26.7 Å². The van der Waals surface area contributed by atoms with Gasteiger partial charge in [-0.25, -0.2) is 0 Å². The summed E-state index contributed by atoms with van der Waals surface area (Å²) in [6, 6.07) is 9.83. The minimum Gasteiger partial charge on any atom is -0.496 e. The van der Waals surface area contributed by atoms with Gasteiger partial charge in [-0.15, -0.1) is 0 Å². The molecule has 2 aromatic rings. The maximum Gasteiger partial charge on any atom is 0.191 e. The number of hydrogen-bond acceptors (Lipinski definition) is 4. The van der Waals surface area contributed by atoms with Crippen LogP contribution in [-0.4, -0.2) is 42.8 Å². The van der Waals surface area contributed by atoms with Gasteiger partial charge in [-0.2, -0.15) is 0 Å². The lowest BCUT2D eigenvalue weighted by atomic mass is 10.1. The summed E-state index contributed by atoms with van der Waals surface area (Å²) in [7, 11) is 1.69. The Balaban J connectivity index is 1.89. The molecule has 0 saturated carbocycles. The van der Waals surface area contributed by atoms with Gasteiger partial charge < -0.3 is 20.5 Å². The lowest BCUT2D eigenvalue weighted by Crippen LogP contribution is -2.38. The number of guanidine groups is 1. The van der Waals surface area contributed by atoms with E-state index >= 15 is 0 Å². The number of aromatic nitrogens is 1. The lowest BCUT2D eigenvalue weighted by molar-refractivity contribution is 0.187. The number of benzene rings is 1. The molecule has 0 aliphatic rings. The quantitative estimate of drug-likeness (QED) is 0.499. The number of pyridine rings is 1. The van der Waals surface area contributed by atoms with Gasteiger partial charge in [0.15, 0.2) is 5.96 Å². The predicted octanol–water partition coefficient (Wildman–Crippen LogP) is 2.23. The van der Waals surface area contributed by atoms with E-state index < -0.39 is 6.10 Å². The molecule has 0 amide bonds. The number of rotatable bonds is 8. The van der Waals surface area contributed by atoms with Crippen LogP contribution >= 0.6 is 0 Å². The smallest absolute Gasteiger partial charge is 0.191 e. The van der Waals surface area contributed by atoms with Crippen molar-refractivity contribution in [2.24, 2.45) is 4.99 Å². The molecule has 1 atom stereocenters. The van der Waals surface area contributed by atoms with Gasteiger partial charge >= 0.3 is 0 Å². The largest absolute Gasteiger partial charge is 0.496 e. The Kier molecular flexibility index (Phi) is 7.89. The number of aliphatic hydroxyl groups is 1. The molecule has 6 heteroatoms. The van der Waals surface area contributed by atoms with Gasteiger partial charge in [-0.05, 0) is 55.2 Å². The van der Waals surface area contributed by atoms with Crippen molar-refractivity contribution in [3.63, 3.8) is 0 Å². The average Bonchev–Trinajstić information content (AvgIpc) is 2.67. The van der Waals surface area contributed by atoms with Crippen molar-refractivity contribution in [1.82, 2.24) is 15.6 Å². The third kappa shape index (κ3) is 6.04. The summed E-state index contributed by atoms with van der Waals surface area (Å²) in [4.78, 5) is 8.43. The normalized spacial score (nSPS) is 12.5. The summed E-state index contributed by atoms with van der Waals surface area (Å²) in [5.41, 5.74) is 3.14. The molecule has 26 heavy (non-hydrogen) atoms. The molecular formula is C20H28N4O2. The molecule has 1 heterocycles. The molecule has 0 aliphatic carbocycles. The van der Waals surface area contributed by atoms with Crippen molar-refractivity contribution in [2.45, 2.75) is 26.4 Å². The first-order valence-electron chi connectivity index (χ1n) is 8.87. The van der Waals surface area contributed by atoms with Crippen LogP contribution in [0.25, 0.3) is 0 Å². The van der Waals surface area contributed by atoms with Crippen LogP contribution < -0.4 is 15.4 Å². The van der Waals surface area contributed by atoms with E-state index in [9.17, 15) is 5.11 Å². The molecule has 0 aliphatic heterocycles. The summed E-state index contributed by atoms with van der Waals surface area (Å²) in [5.74, 6) is 1.60. The van der Waals surface area contributed by atoms with E-state index in [0.717, 1.165) is 36.4 Å². The second-order valence-electron chi connectivity index (χ2n) is 6.00. The lowest BCUT2D eigenvalue weighted by Gasteiger charge is -2.14. The van der Waals surface area contributed by atoms with E-state index in [1.54, 1.807) is 31.6 Å². The molecule has 0 spiro atoms. The summed E-state index contributed by atoms with van der Waals surface area (Å²) in [5, 5.41) is 16.7. The summed E-state index contributed by atoms with van der Waals surface area (Å²) < 4.78 is 5.37. The van der Waals surface area contributed by atoms with Crippen molar-refractivity contribution in [3.05, 3.63) is 59.4 Å². The van der Waals surface area contributed by atoms with Crippen molar-refractivity contribution >= 4 is 5.96 Å². The highest BCUT2D eigenvalue weighted by Gasteiger charge is 2.07. The first kappa shape index (κ1) is 19.7. The number of hydrogen-bond donors (Lipinski definition) is 3. The molecule has 3 N–H and O–H groups in total. The van der Waals surface area contributed by atoms with Gasteiger partial charge in [-0.1, -0.05) is 12.1 Å². The zero-order chi connectivity index (χ0) is 18.8. The van der Waals surface area contributed by atoms with Crippen molar-refractivity contribution in [3.8, 4) is 5.75 Å². The van der Waals surface area contributed by atoms with Crippen LogP contribution in [0.2, 0.25) is 0 Å². The second kappa shape index (κ2) is 10.4. The monoisotopic (exact) mass is 356 g/mol. The molecule has 0 fully saturated rings. The molecule has 1 unspecified atom stereocenters. The summed E-state index contributed by atoms with van der Waals surface area (Å²) in [6.45, 7) is 5.84. The van der Waals surface area contributed by atoms with Crippen molar-refractivity contribution < 1.29 is 9.84 Å². The van der Waals surface area contributed by atoms with E-state index in [-0.39, 0.29) is 6.54 Å². The van der Waals surface area contributed by atoms with E-state index in [1.807, 2.05) is 13.8 Å². The van der Waals surface area contributed by atoms with Gasteiger partial charge in [0.25, 0.3) is 0 Å². The Morgan fingerprint density at radius 2 is 2.00 bits per heavy atom. The van der Waals surface area contributed by atoms with Crippen LogP contribution in [0, 0.1) is 6.92 Å². The molecule has 1 aromatic carbocycles. The first-order valence-corrected chi connectivity index (χ1v) is 8.87. The van der Waals surface area contributed by atoms with Crippen LogP contribution in [0.3, 0.4) is 0 Å². The number of ether oxygens (including phenoxy) is 1. The molecular weight excluding hydrogens is 328 g/mol. The SMILES string of the molecule is CCNC(=NCC(O)c1ccncc1)NCCc1ccc(C)c(OC)c1. The molecule has 0 radical (unpaired) electrons. The molecule has 6 nitrogen and oxygen atoms in total. The minimum atomic E-state index is -0.644. The number of aliphatic imine (C=N–C) groups is 1. The highest BCUT2D eigenvalue weighted by Crippen LogP contribution is 2.19. The van der Waals surface area contributed by atoms with Crippen LogP contribution in [-0.2, 0) is 6.42 Å². The Morgan fingerprint density at radius 3 is 2.69 bits per heavy atom. The molecule has 0 saturated heterocycles. The van der Waals surface area contributed by atoms with Crippen molar-refractivity contribution in [1.29, 1.82) is 0 Å². The number of nitrogens with zero attached hydrogens (tertiary/aromatic N) is 2. The van der Waals surface area contributed by atoms with Gasteiger partial charge in [0.2, 0.25) is 0 Å². The Hall–Kier alpha value is -2.60. The Labute approximate surface area is 155 Å². The zero-order valence-corrected chi connectivity index (χ0v) is 15.7. The fourth-order valence-corrected chi connectivity index (χ4v) is 2.56. The van der Waals surface area contributed by atoms with Crippen LogP contribution in [0.4, 0.5) is 0 Å². The van der Waals surface area contributed by atoms with E-state index in [0.29, 0.717) is 5.96 Å². The highest BCUT2D eigenvalue weighted by molar-refractivity contribution is 5.79. The Morgan fingerprint density at radius 1 is 1.23 bits per heavy atom. The fourth-order valence-electron chi connectivity index (χ4n) is 2.56. The zero-order valence-electron chi connectivity index (χ0n) is 15.7. The number of aryl methyl sites for hydroxylation is 1. The van der Waals surface area contributed by atoms with Crippen LogP contribution in [0.5, 0.6) is 5.75 Å². The van der Waals surface area contributed by atoms with Gasteiger partial charge in [0.05, 0.1) is 19.8 Å². The van der Waals surface area contributed by atoms with Gasteiger partial charge in [0.1, 0.15) is 5.75 Å². The topological polar surface area (TPSA) is 78.8 Å². The number of methoxy groups -OCH3 is 1. The molecule has 2 rings (SSSR count). The highest BCUT2D eigenvalue weighted by atomic mass is 16.5. The van der Waals surface area contributed by atoms with Gasteiger partial charge in [-0.3, -0.25) is 9.98 Å². The van der Waals surface area contributed by atoms with E-state index in [4.69, 9.17) is 4.74 Å². The maximum atomic E-state index is 10.2. The third-order valence-corrected chi connectivity index (χ3v) is 4.04. The van der Waals surface area contributed by atoms with Crippen LogP contribution in [0.15, 0.2) is 47.7 Å². The van der Waals surface area contributed by atoms with E-state index in [2.05, 4.69) is 38.8 Å². The first-order chi connectivity index (χ1) is 12.6. The van der Waals surface area contributed by atoms with E-state index in [1.165, 1.54) is 5.56 Å². The summed E-state index contributed by atoms with van der Waals surface area (Å²) in [6.07, 6.45) is 3.55. The minimum absolute atomic E-state index is 0.289. The predicted molar refractivity (Wildman–Crippen MR) is 105 cm³/mol. The second-order valence-corrected chi connectivity index (χ2v) is 6.00. The summed E-state index contributed by atoms with van der Waals surface area (Å²) >= 11 is 0. The maximum absolute atomic E-state index is 10.2. The fraction of sp³-hybridized carbons (Fsp3) is 0.400. The van der Waals surface area contributed by atoms with Crippen LogP contribution in [0.1, 0.15) is 29.7 Å². The molecule has 140 valence electrons. The molecule has 1 aromatic heterocycles. The third-order valence-electron chi connectivity index (χ3n) is 4.04.